The fraction of sp³-hybridized carbons (Fsp3) is 0.480. The molecule has 1 aliphatic rings. The molecule has 0 saturated heterocycles. The van der Waals surface area contributed by atoms with Crippen LogP contribution in [0.4, 0.5) is 4.39 Å². The lowest BCUT2D eigenvalue weighted by Crippen LogP contribution is -2.33. The standard InChI is InChI=1S/C23H30FN.C2H3N/c1-3-22(25(2)18-15-19-7-5-4-6-8-19)14-11-20-9-12-21(13-10-20)23(24)16-17-23;1-2-3/h4-10,12-13,22H,3,11,14-18H2,1-2H3;1H3. The molecule has 2 nitrogen and oxygen atoms in total. The summed E-state index contributed by atoms with van der Waals surface area (Å²) in [6, 6.07) is 21.3. The highest BCUT2D eigenvalue weighted by Crippen LogP contribution is 2.49. The monoisotopic (exact) mass is 380 g/mol. The molecule has 3 heteroatoms. The Morgan fingerprint density at radius 3 is 2.14 bits per heavy atom. The van der Waals surface area contributed by atoms with Gasteiger partial charge in [-0.2, -0.15) is 5.26 Å². The SMILES string of the molecule is CC#N.CCC(CCc1ccc(C2(F)CC2)cc1)N(C)CCc1ccccc1. The maximum Gasteiger partial charge on any atom is 0.136 e. The topological polar surface area (TPSA) is 27.0 Å². The Balaban J connectivity index is 0.000000878. The first-order chi connectivity index (χ1) is 13.5. The van der Waals surface area contributed by atoms with Gasteiger partial charge in [0.2, 0.25) is 0 Å². The molecule has 0 spiro atoms. The molecular weight excluding hydrogens is 347 g/mol. The van der Waals surface area contributed by atoms with Crippen LogP contribution in [0.25, 0.3) is 0 Å². The van der Waals surface area contributed by atoms with E-state index in [0.717, 1.165) is 37.8 Å². The number of rotatable bonds is 9. The van der Waals surface area contributed by atoms with E-state index in [9.17, 15) is 4.39 Å². The number of alkyl halides is 1. The molecular formula is C25H33FN2. The molecule has 0 N–H and O–H groups in total. The van der Waals surface area contributed by atoms with E-state index in [-0.39, 0.29) is 0 Å². The average Bonchev–Trinajstić information content (AvgIpc) is 3.47. The van der Waals surface area contributed by atoms with Crippen molar-refractivity contribution < 1.29 is 4.39 Å². The van der Waals surface area contributed by atoms with Crippen molar-refractivity contribution >= 4 is 0 Å². The van der Waals surface area contributed by atoms with Crippen LogP contribution in [0.2, 0.25) is 0 Å². The van der Waals surface area contributed by atoms with E-state index in [4.69, 9.17) is 5.26 Å². The molecule has 3 rings (SSSR count). The Kier molecular flexibility index (Phi) is 8.67. The molecule has 1 unspecified atom stereocenters. The lowest BCUT2D eigenvalue weighted by Gasteiger charge is -2.27. The molecule has 150 valence electrons. The quantitative estimate of drug-likeness (QED) is 0.528. The van der Waals surface area contributed by atoms with Crippen LogP contribution in [0, 0.1) is 11.3 Å². The van der Waals surface area contributed by atoms with Crippen molar-refractivity contribution in [2.75, 3.05) is 13.6 Å². The van der Waals surface area contributed by atoms with Gasteiger partial charge in [-0.05, 0) is 62.3 Å². The Morgan fingerprint density at radius 2 is 1.61 bits per heavy atom. The maximum absolute atomic E-state index is 14.1. The molecule has 0 aromatic heterocycles. The lowest BCUT2D eigenvalue weighted by atomic mass is 9.99. The van der Waals surface area contributed by atoms with Gasteiger partial charge in [0, 0.05) is 19.5 Å². The zero-order valence-corrected chi connectivity index (χ0v) is 17.5. The summed E-state index contributed by atoms with van der Waals surface area (Å²) in [6.07, 6.45) is 5.86. The minimum Gasteiger partial charge on any atom is -0.303 e. The van der Waals surface area contributed by atoms with Crippen LogP contribution in [-0.2, 0) is 18.5 Å². The summed E-state index contributed by atoms with van der Waals surface area (Å²) in [5.74, 6) is 0. The minimum atomic E-state index is -1.01. The Labute approximate surface area is 170 Å². The first-order valence-electron chi connectivity index (χ1n) is 10.4. The number of nitriles is 1. The number of hydrogen-bond donors (Lipinski definition) is 0. The fourth-order valence-electron chi connectivity index (χ4n) is 3.57. The van der Waals surface area contributed by atoms with E-state index < -0.39 is 5.67 Å². The average molecular weight is 381 g/mol. The van der Waals surface area contributed by atoms with E-state index in [1.807, 2.05) is 12.1 Å². The third-order valence-corrected chi connectivity index (χ3v) is 5.62. The van der Waals surface area contributed by atoms with Crippen molar-refractivity contribution in [2.45, 2.75) is 64.1 Å². The Hall–Kier alpha value is -2.18. The predicted molar refractivity (Wildman–Crippen MR) is 115 cm³/mol. The molecule has 2 aromatic carbocycles. The van der Waals surface area contributed by atoms with Crippen molar-refractivity contribution in [3.05, 3.63) is 71.3 Å². The molecule has 1 fully saturated rings. The second-order valence-electron chi connectivity index (χ2n) is 7.70. The first-order valence-corrected chi connectivity index (χ1v) is 10.4. The molecule has 0 amide bonds. The Morgan fingerprint density at radius 1 is 1.04 bits per heavy atom. The van der Waals surface area contributed by atoms with Crippen LogP contribution in [-0.4, -0.2) is 24.5 Å². The van der Waals surface area contributed by atoms with E-state index >= 15 is 0 Å². The third-order valence-electron chi connectivity index (χ3n) is 5.62. The van der Waals surface area contributed by atoms with Gasteiger partial charge in [-0.25, -0.2) is 4.39 Å². The van der Waals surface area contributed by atoms with Gasteiger partial charge in [0.1, 0.15) is 5.67 Å². The smallest absolute Gasteiger partial charge is 0.136 e. The van der Waals surface area contributed by atoms with Crippen LogP contribution < -0.4 is 0 Å². The normalized spacial score (nSPS) is 15.3. The van der Waals surface area contributed by atoms with E-state index in [1.54, 1.807) is 6.07 Å². The highest BCUT2D eigenvalue weighted by atomic mass is 19.1. The number of halogens is 1. The lowest BCUT2D eigenvalue weighted by molar-refractivity contribution is 0.227. The number of nitrogens with zero attached hydrogens (tertiary/aromatic N) is 2. The van der Waals surface area contributed by atoms with Crippen molar-refractivity contribution in [1.29, 1.82) is 5.26 Å². The molecule has 1 aliphatic carbocycles. The summed E-state index contributed by atoms with van der Waals surface area (Å²) in [5, 5.41) is 7.32. The van der Waals surface area contributed by atoms with Gasteiger partial charge in [0.05, 0.1) is 6.07 Å². The second kappa shape index (κ2) is 11.0. The molecule has 0 bridgehead atoms. The van der Waals surface area contributed by atoms with E-state index in [0.29, 0.717) is 18.9 Å². The molecule has 0 radical (unpaired) electrons. The summed E-state index contributed by atoms with van der Waals surface area (Å²) in [5.41, 5.74) is 2.58. The molecule has 1 saturated carbocycles. The van der Waals surface area contributed by atoms with E-state index in [1.165, 1.54) is 18.1 Å². The summed E-state index contributed by atoms with van der Waals surface area (Å²) >= 11 is 0. The van der Waals surface area contributed by atoms with Gasteiger partial charge in [0.25, 0.3) is 0 Å². The number of likely N-dealkylation sites (N-methyl/N-ethyl adjacent to an activating group) is 1. The van der Waals surface area contributed by atoms with Crippen molar-refractivity contribution in [3.63, 3.8) is 0 Å². The maximum atomic E-state index is 14.1. The van der Waals surface area contributed by atoms with Crippen molar-refractivity contribution in [2.24, 2.45) is 0 Å². The van der Waals surface area contributed by atoms with Crippen molar-refractivity contribution in [3.8, 4) is 6.07 Å². The van der Waals surface area contributed by atoms with Crippen LogP contribution in [0.15, 0.2) is 54.6 Å². The number of hydrogen-bond acceptors (Lipinski definition) is 2. The van der Waals surface area contributed by atoms with Crippen LogP contribution >= 0.6 is 0 Å². The number of benzene rings is 2. The molecule has 0 heterocycles. The zero-order chi connectivity index (χ0) is 20.4. The van der Waals surface area contributed by atoms with Gasteiger partial charge in [-0.3, -0.25) is 0 Å². The molecule has 1 atom stereocenters. The summed E-state index contributed by atoms with van der Waals surface area (Å²) in [6.45, 7) is 4.79. The zero-order valence-electron chi connectivity index (χ0n) is 17.5. The van der Waals surface area contributed by atoms with Crippen LogP contribution in [0.5, 0.6) is 0 Å². The van der Waals surface area contributed by atoms with Crippen LogP contribution in [0.3, 0.4) is 0 Å². The molecule has 2 aromatic rings. The van der Waals surface area contributed by atoms with Gasteiger partial charge in [-0.1, -0.05) is 61.5 Å². The third kappa shape index (κ3) is 6.77. The van der Waals surface area contributed by atoms with E-state index in [2.05, 4.69) is 61.3 Å². The van der Waals surface area contributed by atoms with Gasteiger partial charge < -0.3 is 4.90 Å². The molecule has 0 aliphatic heterocycles. The van der Waals surface area contributed by atoms with Gasteiger partial charge in [-0.15, -0.1) is 0 Å². The fourth-order valence-corrected chi connectivity index (χ4v) is 3.57. The molecule has 28 heavy (non-hydrogen) atoms. The summed E-state index contributed by atoms with van der Waals surface area (Å²) in [7, 11) is 2.24. The predicted octanol–water partition coefficient (Wildman–Crippen LogP) is 6.06. The second-order valence-corrected chi connectivity index (χ2v) is 7.70. The summed E-state index contributed by atoms with van der Waals surface area (Å²) < 4.78 is 14.1. The van der Waals surface area contributed by atoms with Gasteiger partial charge in [0.15, 0.2) is 0 Å². The minimum absolute atomic E-state index is 0.597. The van der Waals surface area contributed by atoms with Crippen molar-refractivity contribution in [1.82, 2.24) is 4.90 Å². The Bertz CT molecular complexity index is 729. The highest BCUT2D eigenvalue weighted by molar-refractivity contribution is 5.31. The largest absolute Gasteiger partial charge is 0.303 e. The number of aryl methyl sites for hydroxylation is 1. The summed E-state index contributed by atoms with van der Waals surface area (Å²) in [4.78, 5) is 2.49. The first kappa shape index (κ1) is 22.1. The van der Waals surface area contributed by atoms with Crippen LogP contribution in [0.1, 0.15) is 56.2 Å². The van der Waals surface area contributed by atoms with Gasteiger partial charge >= 0.3 is 0 Å². The highest BCUT2D eigenvalue weighted by Gasteiger charge is 2.44.